The summed E-state index contributed by atoms with van der Waals surface area (Å²) in [6.07, 6.45) is 0.577. The molecule has 172 valence electrons. The van der Waals surface area contributed by atoms with Crippen molar-refractivity contribution in [1.82, 2.24) is 4.90 Å². The number of carbonyl (C=O) groups excluding carboxylic acids is 2. The van der Waals surface area contributed by atoms with E-state index in [4.69, 9.17) is 9.15 Å². The van der Waals surface area contributed by atoms with Crippen LogP contribution in [0.4, 0.5) is 11.4 Å². The fraction of sp³-hybridized carbons (Fsp3) is 0.304. The van der Waals surface area contributed by atoms with Crippen molar-refractivity contribution in [3.63, 3.8) is 0 Å². The van der Waals surface area contributed by atoms with Gasteiger partial charge in [-0.2, -0.15) is 0 Å². The lowest BCUT2D eigenvalue weighted by molar-refractivity contribution is -0.116. The largest absolute Gasteiger partial charge is 0.449 e. The third-order valence-corrected chi connectivity index (χ3v) is 7.31. The van der Waals surface area contributed by atoms with Crippen LogP contribution < -0.4 is 9.62 Å². The number of hydrogen-bond acceptors (Lipinski definition) is 6. The van der Waals surface area contributed by atoms with E-state index < -0.39 is 15.9 Å². The van der Waals surface area contributed by atoms with Gasteiger partial charge in [-0.15, -0.1) is 0 Å². The number of carbonyl (C=O) groups is 2. The maximum atomic E-state index is 13.3. The second-order valence-electron chi connectivity index (χ2n) is 8.02. The van der Waals surface area contributed by atoms with Gasteiger partial charge in [0.25, 0.3) is 15.9 Å². The average Bonchev–Trinajstić information content (AvgIpc) is 3.40. The minimum Gasteiger partial charge on any atom is -0.449 e. The van der Waals surface area contributed by atoms with Crippen molar-refractivity contribution in [3.05, 3.63) is 53.8 Å². The van der Waals surface area contributed by atoms with Crippen LogP contribution in [-0.4, -0.2) is 58.0 Å². The lowest BCUT2D eigenvalue weighted by Gasteiger charge is -2.26. The highest BCUT2D eigenvalue weighted by Gasteiger charge is 2.30. The number of furan rings is 1. The number of ether oxygens (including phenoxy) is 1. The maximum absolute atomic E-state index is 13.3. The van der Waals surface area contributed by atoms with Crippen LogP contribution in [0, 0.1) is 0 Å². The number of hydrogen-bond donors (Lipinski definition) is 1. The normalized spacial score (nSPS) is 16.2. The first-order chi connectivity index (χ1) is 15.8. The van der Waals surface area contributed by atoms with Crippen molar-refractivity contribution in [2.75, 3.05) is 42.5 Å². The molecule has 3 heterocycles. The molecule has 2 amide bonds. The van der Waals surface area contributed by atoms with Crippen LogP contribution in [-0.2, 0) is 26.0 Å². The number of sulfonamides is 1. The number of benzene rings is 2. The molecule has 0 saturated carbocycles. The van der Waals surface area contributed by atoms with Crippen LogP contribution in [0.25, 0.3) is 11.0 Å². The van der Waals surface area contributed by atoms with E-state index in [0.717, 1.165) is 11.3 Å². The van der Waals surface area contributed by atoms with Gasteiger partial charge in [-0.05, 0) is 42.3 Å². The second-order valence-corrected chi connectivity index (χ2v) is 9.71. The van der Waals surface area contributed by atoms with Crippen molar-refractivity contribution in [2.45, 2.75) is 18.2 Å². The number of nitrogens with zero attached hydrogens (tertiary/aromatic N) is 2. The Morgan fingerprint density at radius 3 is 2.55 bits per heavy atom. The number of rotatable bonds is 4. The van der Waals surface area contributed by atoms with Crippen LogP contribution in [0.2, 0.25) is 0 Å². The molecule has 0 spiro atoms. The Labute approximate surface area is 191 Å². The van der Waals surface area contributed by atoms with E-state index in [0.29, 0.717) is 50.2 Å². The highest BCUT2D eigenvalue weighted by atomic mass is 32.2. The van der Waals surface area contributed by atoms with E-state index in [9.17, 15) is 18.0 Å². The van der Waals surface area contributed by atoms with E-state index in [1.54, 1.807) is 46.2 Å². The highest BCUT2D eigenvalue weighted by Crippen LogP contribution is 2.35. The smallest absolute Gasteiger partial charge is 0.291 e. The Kier molecular flexibility index (Phi) is 5.34. The van der Waals surface area contributed by atoms with Gasteiger partial charge in [0.15, 0.2) is 0 Å². The number of anilines is 2. The molecular formula is C23H23N3O6S. The molecule has 0 bridgehead atoms. The summed E-state index contributed by atoms with van der Waals surface area (Å²) in [6.45, 7) is 3.64. The predicted molar refractivity (Wildman–Crippen MR) is 122 cm³/mol. The summed E-state index contributed by atoms with van der Waals surface area (Å²) in [5.41, 5.74) is 2.04. The maximum Gasteiger partial charge on any atom is 0.291 e. The molecule has 0 unspecified atom stereocenters. The number of fused-ring (bicyclic) bond motifs is 2. The highest BCUT2D eigenvalue weighted by molar-refractivity contribution is 7.92. The van der Waals surface area contributed by atoms with Gasteiger partial charge in [-0.1, -0.05) is 12.1 Å². The van der Waals surface area contributed by atoms with Crippen LogP contribution in [0.5, 0.6) is 0 Å². The SMILES string of the molecule is CC(=O)N1CCc2cc(S(=O)(=O)Nc3c(C(=O)N4CCOCC4)oc4ccccc34)ccc21. The number of morpholine rings is 1. The first kappa shape index (κ1) is 21.5. The van der Waals surface area contributed by atoms with Gasteiger partial charge in [0.1, 0.15) is 11.3 Å². The Bertz CT molecular complexity index is 1360. The summed E-state index contributed by atoms with van der Waals surface area (Å²) in [5, 5.41) is 0.501. The van der Waals surface area contributed by atoms with Crippen molar-refractivity contribution in [3.8, 4) is 0 Å². The van der Waals surface area contributed by atoms with Gasteiger partial charge in [0, 0.05) is 37.6 Å². The number of para-hydroxylation sites is 1. The number of amides is 2. The molecule has 2 aromatic carbocycles. The van der Waals surface area contributed by atoms with Crippen LogP contribution in [0.15, 0.2) is 51.8 Å². The van der Waals surface area contributed by atoms with Crippen LogP contribution in [0.3, 0.4) is 0 Å². The van der Waals surface area contributed by atoms with E-state index in [2.05, 4.69) is 4.72 Å². The summed E-state index contributed by atoms with van der Waals surface area (Å²) in [5.74, 6) is -0.526. The van der Waals surface area contributed by atoms with Gasteiger partial charge >= 0.3 is 0 Å². The van der Waals surface area contributed by atoms with Gasteiger partial charge in [-0.3, -0.25) is 14.3 Å². The Morgan fingerprint density at radius 1 is 1.03 bits per heavy atom. The number of nitrogens with one attached hydrogen (secondary N) is 1. The molecule has 0 radical (unpaired) electrons. The molecule has 33 heavy (non-hydrogen) atoms. The first-order valence-corrected chi connectivity index (χ1v) is 12.2. The van der Waals surface area contributed by atoms with Gasteiger partial charge < -0.3 is 19.0 Å². The van der Waals surface area contributed by atoms with E-state index in [1.807, 2.05) is 0 Å². The first-order valence-electron chi connectivity index (χ1n) is 10.7. The van der Waals surface area contributed by atoms with E-state index >= 15 is 0 Å². The molecule has 0 atom stereocenters. The molecule has 2 aliphatic heterocycles. The molecule has 1 aromatic heterocycles. The van der Waals surface area contributed by atoms with Gasteiger partial charge in [0.2, 0.25) is 11.7 Å². The third kappa shape index (κ3) is 3.85. The van der Waals surface area contributed by atoms with Crippen molar-refractivity contribution >= 4 is 44.2 Å². The van der Waals surface area contributed by atoms with Crippen molar-refractivity contribution in [1.29, 1.82) is 0 Å². The zero-order valence-electron chi connectivity index (χ0n) is 18.0. The summed E-state index contributed by atoms with van der Waals surface area (Å²) in [6, 6.07) is 11.6. The summed E-state index contributed by atoms with van der Waals surface area (Å²) < 4.78 is 40.4. The minimum atomic E-state index is -4.03. The summed E-state index contributed by atoms with van der Waals surface area (Å²) in [4.78, 5) is 28.2. The zero-order chi connectivity index (χ0) is 23.2. The molecule has 0 aliphatic carbocycles. The standard InChI is InChI=1S/C23H23N3O6S/c1-15(27)26-9-8-16-14-17(6-7-19(16)26)33(29,30)24-21-18-4-2-3-5-20(18)32-22(21)23(28)25-10-12-31-13-11-25/h2-7,14,24H,8-13H2,1H3. The Hall–Kier alpha value is -3.37. The molecule has 5 rings (SSSR count). The third-order valence-electron chi connectivity index (χ3n) is 5.96. The van der Waals surface area contributed by atoms with E-state index in [1.165, 1.54) is 13.0 Å². The zero-order valence-corrected chi connectivity index (χ0v) is 18.9. The van der Waals surface area contributed by atoms with Gasteiger partial charge in [-0.25, -0.2) is 8.42 Å². The van der Waals surface area contributed by atoms with Gasteiger partial charge in [0.05, 0.1) is 18.1 Å². The molecular weight excluding hydrogens is 446 g/mol. The minimum absolute atomic E-state index is 0.0504. The summed E-state index contributed by atoms with van der Waals surface area (Å²) in [7, 11) is -4.03. The molecule has 1 saturated heterocycles. The van der Waals surface area contributed by atoms with Crippen LogP contribution in [0.1, 0.15) is 23.0 Å². The topological polar surface area (TPSA) is 109 Å². The fourth-order valence-electron chi connectivity index (χ4n) is 4.27. The Balaban J connectivity index is 1.52. The van der Waals surface area contributed by atoms with Crippen LogP contribution >= 0.6 is 0 Å². The predicted octanol–water partition coefficient (Wildman–Crippen LogP) is 2.62. The monoisotopic (exact) mass is 469 g/mol. The molecule has 3 aromatic rings. The average molecular weight is 470 g/mol. The van der Waals surface area contributed by atoms with E-state index in [-0.39, 0.29) is 22.3 Å². The molecule has 10 heteroatoms. The fourth-order valence-corrected chi connectivity index (χ4v) is 5.41. The van der Waals surface area contributed by atoms with Crippen molar-refractivity contribution < 1.29 is 27.2 Å². The molecule has 1 N–H and O–H groups in total. The quantitative estimate of drug-likeness (QED) is 0.629. The molecule has 9 nitrogen and oxygen atoms in total. The molecule has 1 fully saturated rings. The lowest BCUT2D eigenvalue weighted by atomic mass is 10.2. The second kappa shape index (κ2) is 8.20. The lowest BCUT2D eigenvalue weighted by Crippen LogP contribution is -2.40. The molecule has 2 aliphatic rings. The van der Waals surface area contributed by atoms with Crippen molar-refractivity contribution in [2.24, 2.45) is 0 Å². The Morgan fingerprint density at radius 2 is 1.79 bits per heavy atom. The summed E-state index contributed by atoms with van der Waals surface area (Å²) >= 11 is 0.